The Kier molecular flexibility index (Phi) is 4.89. The number of hydrogen-bond donors (Lipinski definition) is 0. The molecule has 2 aromatic carbocycles. The third-order valence-electron chi connectivity index (χ3n) is 3.23. The molecule has 0 saturated heterocycles. The molecule has 0 aromatic heterocycles. The Balaban J connectivity index is 2.54. The van der Waals surface area contributed by atoms with E-state index in [1.54, 1.807) is 25.1 Å². The molecule has 1 atom stereocenters. The van der Waals surface area contributed by atoms with Crippen LogP contribution in [0.25, 0.3) is 16.3 Å². The lowest BCUT2D eigenvalue weighted by Gasteiger charge is -2.09. The fourth-order valence-electron chi connectivity index (χ4n) is 2.19. The SMILES string of the molecule is COc1ccc2cc(C(C)=C(SC)S(C)=O)ccc2c1. The molecule has 0 heterocycles. The Labute approximate surface area is 126 Å². The van der Waals surface area contributed by atoms with Crippen LogP contribution in [0.2, 0.25) is 0 Å². The molecule has 2 nitrogen and oxygen atoms in total. The number of allylic oxidation sites excluding steroid dienone is 1. The summed E-state index contributed by atoms with van der Waals surface area (Å²) in [4.78, 5) is 0. The van der Waals surface area contributed by atoms with Crippen LogP contribution in [0.5, 0.6) is 5.75 Å². The van der Waals surface area contributed by atoms with Crippen molar-refractivity contribution in [3.05, 3.63) is 46.2 Å². The lowest BCUT2D eigenvalue weighted by molar-refractivity contribution is 0.415. The van der Waals surface area contributed by atoms with Crippen molar-refractivity contribution < 1.29 is 8.95 Å². The van der Waals surface area contributed by atoms with Crippen LogP contribution in [0.15, 0.2) is 40.6 Å². The van der Waals surface area contributed by atoms with Gasteiger partial charge in [-0.3, -0.25) is 4.21 Å². The Hall–Kier alpha value is -1.26. The molecule has 0 saturated carbocycles. The zero-order valence-electron chi connectivity index (χ0n) is 12.1. The highest BCUT2D eigenvalue weighted by Gasteiger charge is 2.08. The maximum atomic E-state index is 11.8. The lowest BCUT2D eigenvalue weighted by Crippen LogP contribution is -1.92. The average Bonchev–Trinajstić information content (AvgIpc) is 2.46. The van der Waals surface area contributed by atoms with Crippen molar-refractivity contribution >= 4 is 38.9 Å². The van der Waals surface area contributed by atoms with Crippen LogP contribution >= 0.6 is 11.8 Å². The standard InChI is InChI=1S/C16H18O2S2/c1-11(16(19-3)20(4)17)12-5-6-14-10-15(18-2)8-7-13(14)9-12/h5-10H,1-4H3. The van der Waals surface area contributed by atoms with E-state index >= 15 is 0 Å². The second kappa shape index (κ2) is 6.46. The quantitative estimate of drug-likeness (QED) is 0.843. The summed E-state index contributed by atoms with van der Waals surface area (Å²) in [5.74, 6) is 0.858. The van der Waals surface area contributed by atoms with E-state index in [-0.39, 0.29) is 0 Å². The highest BCUT2D eigenvalue weighted by atomic mass is 32.2. The number of hydrogen-bond acceptors (Lipinski definition) is 3. The van der Waals surface area contributed by atoms with Crippen molar-refractivity contribution in [2.24, 2.45) is 0 Å². The van der Waals surface area contributed by atoms with E-state index in [1.807, 2.05) is 31.4 Å². The van der Waals surface area contributed by atoms with Gasteiger partial charge in [0, 0.05) is 6.26 Å². The molecule has 0 bridgehead atoms. The van der Waals surface area contributed by atoms with Gasteiger partial charge in [0.2, 0.25) is 0 Å². The van der Waals surface area contributed by atoms with Crippen LogP contribution < -0.4 is 4.74 Å². The van der Waals surface area contributed by atoms with E-state index in [1.165, 1.54) is 0 Å². The van der Waals surface area contributed by atoms with Gasteiger partial charge in [-0.1, -0.05) is 18.2 Å². The molecule has 0 spiro atoms. The van der Waals surface area contributed by atoms with Crippen LogP contribution in [-0.2, 0) is 10.8 Å². The lowest BCUT2D eigenvalue weighted by atomic mass is 10.0. The zero-order valence-corrected chi connectivity index (χ0v) is 13.7. The second-order valence-corrected chi connectivity index (χ2v) is 6.89. The number of benzene rings is 2. The van der Waals surface area contributed by atoms with Crippen molar-refractivity contribution in [3.8, 4) is 5.75 Å². The van der Waals surface area contributed by atoms with E-state index in [2.05, 4.69) is 18.2 Å². The van der Waals surface area contributed by atoms with Crippen molar-refractivity contribution in [2.45, 2.75) is 6.92 Å². The molecule has 1 unspecified atom stereocenters. The highest BCUT2D eigenvalue weighted by Crippen LogP contribution is 2.30. The fraction of sp³-hybridized carbons (Fsp3) is 0.250. The third-order valence-corrected chi connectivity index (χ3v) is 5.94. The molecule has 106 valence electrons. The number of rotatable bonds is 4. The Morgan fingerprint density at radius 3 is 2.40 bits per heavy atom. The highest BCUT2D eigenvalue weighted by molar-refractivity contribution is 8.16. The summed E-state index contributed by atoms with van der Waals surface area (Å²) in [6.07, 6.45) is 3.69. The normalized spacial score (nSPS) is 14.0. The molecule has 20 heavy (non-hydrogen) atoms. The summed E-state index contributed by atoms with van der Waals surface area (Å²) < 4.78 is 17.9. The predicted octanol–water partition coefficient (Wildman–Crippen LogP) is 4.28. The van der Waals surface area contributed by atoms with Crippen molar-refractivity contribution in [2.75, 3.05) is 19.6 Å². The minimum absolute atomic E-state index is 0.858. The van der Waals surface area contributed by atoms with Gasteiger partial charge in [-0.25, -0.2) is 0 Å². The Bertz CT molecular complexity index is 690. The van der Waals surface area contributed by atoms with Gasteiger partial charge in [0.05, 0.1) is 22.1 Å². The van der Waals surface area contributed by atoms with E-state index < -0.39 is 10.8 Å². The summed E-state index contributed by atoms with van der Waals surface area (Å²) >= 11 is 1.55. The van der Waals surface area contributed by atoms with Gasteiger partial charge in [0.25, 0.3) is 0 Å². The summed E-state index contributed by atoms with van der Waals surface area (Å²) in [6.45, 7) is 2.03. The van der Waals surface area contributed by atoms with Crippen LogP contribution in [0, 0.1) is 0 Å². The maximum Gasteiger partial charge on any atom is 0.119 e. The van der Waals surface area contributed by atoms with Gasteiger partial charge in [0.15, 0.2) is 0 Å². The smallest absolute Gasteiger partial charge is 0.119 e. The van der Waals surface area contributed by atoms with E-state index in [0.717, 1.165) is 31.9 Å². The van der Waals surface area contributed by atoms with Gasteiger partial charge in [-0.15, -0.1) is 11.8 Å². The first-order chi connectivity index (χ1) is 9.56. The van der Waals surface area contributed by atoms with Crippen LogP contribution in [0.4, 0.5) is 0 Å². The molecule has 0 radical (unpaired) electrons. The Morgan fingerprint density at radius 2 is 1.80 bits per heavy atom. The van der Waals surface area contributed by atoms with Crippen molar-refractivity contribution in [1.29, 1.82) is 0 Å². The molecule has 2 rings (SSSR count). The first kappa shape index (κ1) is 15.1. The fourth-order valence-corrected chi connectivity index (χ4v) is 4.10. The molecule has 0 aliphatic carbocycles. The van der Waals surface area contributed by atoms with Crippen molar-refractivity contribution in [1.82, 2.24) is 0 Å². The molecule has 0 fully saturated rings. The second-order valence-electron chi connectivity index (χ2n) is 4.50. The van der Waals surface area contributed by atoms with E-state index in [9.17, 15) is 4.21 Å². The van der Waals surface area contributed by atoms with E-state index in [4.69, 9.17) is 4.74 Å². The van der Waals surface area contributed by atoms with Gasteiger partial charge in [-0.2, -0.15) is 0 Å². The summed E-state index contributed by atoms with van der Waals surface area (Å²) in [5, 5.41) is 2.30. The molecular weight excluding hydrogens is 288 g/mol. The number of methoxy groups -OCH3 is 1. The molecule has 2 aromatic rings. The van der Waals surface area contributed by atoms with Gasteiger partial charge >= 0.3 is 0 Å². The summed E-state index contributed by atoms with van der Waals surface area (Å²) in [7, 11) is 0.720. The van der Waals surface area contributed by atoms with Gasteiger partial charge in [0.1, 0.15) is 5.75 Å². The largest absolute Gasteiger partial charge is 0.497 e. The molecule has 0 N–H and O–H groups in total. The van der Waals surface area contributed by atoms with Gasteiger partial charge < -0.3 is 4.74 Å². The predicted molar refractivity (Wildman–Crippen MR) is 90.7 cm³/mol. The van der Waals surface area contributed by atoms with Gasteiger partial charge in [-0.05, 0) is 53.3 Å². The summed E-state index contributed by atoms with van der Waals surface area (Å²) in [5.41, 5.74) is 2.19. The molecule has 0 aliphatic rings. The first-order valence-corrected chi connectivity index (χ1v) is 9.01. The average molecular weight is 306 g/mol. The van der Waals surface area contributed by atoms with E-state index in [0.29, 0.717) is 0 Å². The summed E-state index contributed by atoms with van der Waals surface area (Å²) in [6, 6.07) is 12.3. The third kappa shape index (κ3) is 3.07. The van der Waals surface area contributed by atoms with Crippen LogP contribution in [0.1, 0.15) is 12.5 Å². The monoisotopic (exact) mass is 306 g/mol. The first-order valence-electron chi connectivity index (χ1n) is 6.23. The van der Waals surface area contributed by atoms with Crippen molar-refractivity contribution in [3.63, 3.8) is 0 Å². The van der Waals surface area contributed by atoms with Crippen LogP contribution in [-0.4, -0.2) is 23.8 Å². The Morgan fingerprint density at radius 1 is 1.15 bits per heavy atom. The number of thioether (sulfide) groups is 1. The molecule has 0 amide bonds. The maximum absolute atomic E-state index is 11.8. The van der Waals surface area contributed by atoms with Crippen LogP contribution in [0.3, 0.4) is 0 Å². The minimum atomic E-state index is -0.950. The molecule has 0 aliphatic heterocycles. The minimum Gasteiger partial charge on any atom is -0.497 e. The topological polar surface area (TPSA) is 26.3 Å². The number of ether oxygens (including phenoxy) is 1. The molecular formula is C16H18O2S2. The zero-order chi connectivity index (χ0) is 14.7. The molecule has 4 heteroatoms. The number of fused-ring (bicyclic) bond motifs is 1.